The molecule has 1 saturated heterocycles. The van der Waals surface area contributed by atoms with E-state index in [2.05, 4.69) is 31.1 Å². The monoisotopic (exact) mass is 254 g/mol. The van der Waals surface area contributed by atoms with Gasteiger partial charge in [-0.05, 0) is 33.2 Å². The number of ether oxygens (including phenoxy) is 1. The third kappa shape index (κ3) is 3.69. The lowest BCUT2D eigenvalue weighted by Gasteiger charge is -2.39. The van der Waals surface area contributed by atoms with Crippen LogP contribution in [0.2, 0.25) is 0 Å². The van der Waals surface area contributed by atoms with Crippen molar-refractivity contribution >= 4 is 0 Å². The summed E-state index contributed by atoms with van der Waals surface area (Å²) in [6, 6.07) is 1.18. The zero-order chi connectivity index (χ0) is 13.0. The number of hydrogen-bond donors (Lipinski definition) is 1. The van der Waals surface area contributed by atoms with Crippen LogP contribution in [0.15, 0.2) is 0 Å². The molecular formula is C15H30N2O. The van der Waals surface area contributed by atoms with Crippen LogP contribution < -0.4 is 5.32 Å². The van der Waals surface area contributed by atoms with Crippen molar-refractivity contribution < 1.29 is 4.74 Å². The fraction of sp³-hybridized carbons (Fsp3) is 1.00. The second-order valence-corrected chi connectivity index (χ2v) is 6.28. The van der Waals surface area contributed by atoms with Crippen LogP contribution in [0, 0.1) is 5.92 Å². The average molecular weight is 254 g/mol. The summed E-state index contributed by atoms with van der Waals surface area (Å²) in [6.45, 7) is 7.65. The van der Waals surface area contributed by atoms with Gasteiger partial charge < -0.3 is 10.1 Å². The quantitative estimate of drug-likeness (QED) is 0.814. The molecule has 0 bridgehead atoms. The largest absolute Gasteiger partial charge is 0.374 e. The molecule has 1 heterocycles. The molecule has 0 aromatic heterocycles. The Labute approximate surface area is 112 Å². The molecule has 0 radical (unpaired) electrons. The van der Waals surface area contributed by atoms with Crippen molar-refractivity contribution in [1.29, 1.82) is 0 Å². The second kappa shape index (κ2) is 6.88. The van der Waals surface area contributed by atoms with E-state index >= 15 is 0 Å². The third-order valence-electron chi connectivity index (χ3n) is 4.74. The lowest BCUT2D eigenvalue weighted by Crippen LogP contribution is -2.53. The Kier molecular flexibility index (Phi) is 5.46. The average Bonchev–Trinajstić information content (AvgIpc) is 2.89. The van der Waals surface area contributed by atoms with Crippen LogP contribution in [0.3, 0.4) is 0 Å². The fourth-order valence-electron chi connectivity index (χ4n) is 3.47. The smallest absolute Gasteiger partial charge is 0.0855 e. The number of morpholine rings is 1. The molecular weight excluding hydrogens is 224 g/mol. The summed E-state index contributed by atoms with van der Waals surface area (Å²) in [5, 5.41) is 3.51. The van der Waals surface area contributed by atoms with Crippen molar-refractivity contribution in [3.05, 3.63) is 0 Å². The molecule has 1 N–H and O–H groups in total. The first kappa shape index (κ1) is 14.3. The van der Waals surface area contributed by atoms with Gasteiger partial charge in [0.1, 0.15) is 0 Å². The highest BCUT2D eigenvalue weighted by atomic mass is 16.5. The lowest BCUT2D eigenvalue weighted by atomic mass is 9.94. The van der Waals surface area contributed by atoms with Gasteiger partial charge in [0.25, 0.3) is 0 Å². The van der Waals surface area contributed by atoms with Crippen LogP contribution >= 0.6 is 0 Å². The molecule has 0 spiro atoms. The van der Waals surface area contributed by atoms with Gasteiger partial charge in [-0.25, -0.2) is 0 Å². The molecule has 3 heteroatoms. The van der Waals surface area contributed by atoms with Gasteiger partial charge >= 0.3 is 0 Å². The Morgan fingerprint density at radius 2 is 2.00 bits per heavy atom. The maximum atomic E-state index is 6.02. The zero-order valence-electron chi connectivity index (χ0n) is 12.3. The lowest BCUT2D eigenvalue weighted by molar-refractivity contribution is -0.0574. The van der Waals surface area contributed by atoms with E-state index < -0.39 is 0 Å². The second-order valence-electron chi connectivity index (χ2n) is 6.28. The first-order chi connectivity index (χ1) is 8.70. The van der Waals surface area contributed by atoms with Crippen molar-refractivity contribution in [2.45, 2.75) is 64.1 Å². The maximum absolute atomic E-state index is 6.02. The summed E-state index contributed by atoms with van der Waals surface area (Å²) in [6.07, 6.45) is 7.41. The van der Waals surface area contributed by atoms with Crippen molar-refractivity contribution in [3.63, 3.8) is 0 Å². The number of nitrogens with one attached hydrogen (secondary N) is 1. The van der Waals surface area contributed by atoms with Crippen LogP contribution in [0.4, 0.5) is 0 Å². The van der Waals surface area contributed by atoms with E-state index in [-0.39, 0.29) is 0 Å². The summed E-state index contributed by atoms with van der Waals surface area (Å²) in [5.74, 6) is 0.931. The van der Waals surface area contributed by atoms with Gasteiger partial charge in [0.05, 0.1) is 12.7 Å². The van der Waals surface area contributed by atoms with Crippen molar-refractivity contribution in [2.75, 3.05) is 26.7 Å². The van der Waals surface area contributed by atoms with Gasteiger partial charge in [-0.2, -0.15) is 0 Å². The van der Waals surface area contributed by atoms with Gasteiger partial charge in [-0.15, -0.1) is 0 Å². The molecule has 1 aliphatic carbocycles. The molecule has 2 fully saturated rings. The molecule has 2 atom stereocenters. The van der Waals surface area contributed by atoms with Crippen LogP contribution in [0.1, 0.15) is 46.0 Å². The molecule has 18 heavy (non-hydrogen) atoms. The van der Waals surface area contributed by atoms with Crippen LogP contribution in [-0.4, -0.2) is 49.8 Å². The Hall–Kier alpha value is -0.120. The standard InChI is InChI=1S/C15H30N2O/c1-12(2)17-8-9-18-15(11-17)14(16-3)10-13-6-4-5-7-13/h12-16H,4-11H2,1-3H3. The summed E-state index contributed by atoms with van der Waals surface area (Å²) < 4.78 is 6.02. The topological polar surface area (TPSA) is 24.5 Å². The summed E-state index contributed by atoms with van der Waals surface area (Å²) in [7, 11) is 2.09. The van der Waals surface area contributed by atoms with Crippen LogP contribution in [0.25, 0.3) is 0 Å². The third-order valence-corrected chi connectivity index (χ3v) is 4.74. The Balaban J connectivity index is 1.85. The van der Waals surface area contributed by atoms with E-state index in [4.69, 9.17) is 4.74 Å². The van der Waals surface area contributed by atoms with E-state index in [9.17, 15) is 0 Å². The van der Waals surface area contributed by atoms with Crippen molar-refractivity contribution in [1.82, 2.24) is 10.2 Å². The zero-order valence-corrected chi connectivity index (χ0v) is 12.3. The van der Waals surface area contributed by atoms with Gasteiger partial charge in [-0.1, -0.05) is 25.7 Å². The first-order valence-corrected chi connectivity index (χ1v) is 7.73. The molecule has 0 amide bonds. The predicted molar refractivity (Wildman–Crippen MR) is 75.9 cm³/mol. The molecule has 3 nitrogen and oxygen atoms in total. The summed E-state index contributed by atoms with van der Waals surface area (Å²) >= 11 is 0. The Morgan fingerprint density at radius 1 is 1.28 bits per heavy atom. The van der Waals surface area contributed by atoms with Gasteiger partial charge in [0.15, 0.2) is 0 Å². The highest BCUT2D eigenvalue weighted by Crippen LogP contribution is 2.30. The highest BCUT2D eigenvalue weighted by molar-refractivity contribution is 4.86. The SMILES string of the molecule is CNC(CC1CCCC1)C1CN(C(C)C)CCO1. The number of nitrogens with zero attached hydrogens (tertiary/aromatic N) is 1. The van der Waals surface area contributed by atoms with Crippen LogP contribution in [0.5, 0.6) is 0 Å². The minimum atomic E-state index is 0.381. The molecule has 1 aliphatic heterocycles. The number of hydrogen-bond acceptors (Lipinski definition) is 3. The highest BCUT2D eigenvalue weighted by Gasteiger charge is 2.30. The summed E-state index contributed by atoms with van der Waals surface area (Å²) in [4.78, 5) is 2.55. The van der Waals surface area contributed by atoms with Crippen molar-refractivity contribution in [2.24, 2.45) is 5.92 Å². The van der Waals surface area contributed by atoms with E-state index in [0.29, 0.717) is 18.2 Å². The fourth-order valence-corrected chi connectivity index (χ4v) is 3.47. The maximum Gasteiger partial charge on any atom is 0.0855 e. The first-order valence-electron chi connectivity index (χ1n) is 7.73. The van der Waals surface area contributed by atoms with Crippen molar-refractivity contribution in [3.8, 4) is 0 Å². The number of rotatable bonds is 5. The molecule has 2 aliphatic rings. The minimum absolute atomic E-state index is 0.381. The van der Waals surface area contributed by atoms with E-state index in [0.717, 1.165) is 25.6 Å². The molecule has 106 valence electrons. The molecule has 0 aromatic rings. The van der Waals surface area contributed by atoms with Gasteiger partial charge in [0, 0.05) is 25.2 Å². The molecule has 0 aromatic carbocycles. The Morgan fingerprint density at radius 3 is 2.61 bits per heavy atom. The van der Waals surface area contributed by atoms with Gasteiger partial charge in [0.2, 0.25) is 0 Å². The number of likely N-dealkylation sites (N-methyl/N-ethyl adjacent to an activating group) is 1. The predicted octanol–water partition coefficient (Wildman–Crippen LogP) is 2.26. The minimum Gasteiger partial charge on any atom is -0.374 e. The van der Waals surface area contributed by atoms with E-state index in [1.54, 1.807) is 0 Å². The normalized spacial score (nSPS) is 29.0. The van der Waals surface area contributed by atoms with E-state index in [1.807, 2.05) is 0 Å². The molecule has 2 unspecified atom stereocenters. The Bertz CT molecular complexity index is 237. The molecule has 2 rings (SSSR count). The molecule has 1 saturated carbocycles. The summed E-state index contributed by atoms with van der Waals surface area (Å²) in [5.41, 5.74) is 0. The van der Waals surface area contributed by atoms with Crippen LogP contribution in [-0.2, 0) is 4.74 Å². The van der Waals surface area contributed by atoms with Gasteiger partial charge in [-0.3, -0.25) is 4.90 Å². The van der Waals surface area contributed by atoms with E-state index in [1.165, 1.54) is 32.1 Å².